The second-order valence-corrected chi connectivity index (χ2v) is 4.87. The minimum absolute atomic E-state index is 0.167. The monoisotopic (exact) mass is 236 g/mol. The molecule has 0 saturated heterocycles. The van der Waals surface area contributed by atoms with E-state index in [1.54, 1.807) is 6.92 Å². The second kappa shape index (κ2) is 4.77. The standard InChI is InChI=1S/C12H20N4O/c1-3-9(6-8-4-5-8)14-12(17)11-10(13)7(2)15-16-11/h8-9H,3-6,13H2,1-2H3,(H,14,17)(H,15,16). The number of rotatable bonds is 5. The summed E-state index contributed by atoms with van der Waals surface area (Å²) in [6.45, 7) is 3.90. The van der Waals surface area contributed by atoms with Crippen LogP contribution in [0.5, 0.6) is 0 Å². The number of aryl methyl sites for hydroxylation is 1. The molecule has 5 heteroatoms. The number of H-pyrrole nitrogens is 1. The van der Waals surface area contributed by atoms with Crippen molar-refractivity contribution in [1.29, 1.82) is 0 Å². The molecule has 0 aromatic carbocycles. The summed E-state index contributed by atoms with van der Waals surface area (Å²) in [7, 11) is 0. The van der Waals surface area contributed by atoms with Crippen LogP contribution in [0.1, 0.15) is 48.8 Å². The van der Waals surface area contributed by atoms with Crippen molar-refractivity contribution in [2.75, 3.05) is 5.73 Å². The normalized spacial score (nSPS) is 16.8. The number of anilines is 1. The lowest BCUT2D eigenvalue weighted by Crippen LogP contribution is -2.35. The minimum Gasteiger partial charge on any atom is -0.395 e. The molecule has 1 aliphatic carbocycles. The van der Waals surface area contributed by atoms with Crippen molar-refractivity contribution in [2.24, 2.45) is 5.92 Å². The van der Waals surface area contributed by atoms with Gasteiger partial charge in [0.15, 0.2) is 5.69 Å². The Morgan fingerprint density at radius 2 is 2.35 bits per heavy atom. The first-order chi connectivity index (χ1) is 8.11. The molecular weight excluding hydrogens is 216 g/mol. The van der Waals surface area contributed by atoms with Crippen LogP contribution in [0, 0.1) is 12.8 Å². The molecule has 1 aliphatic rings. The fourth-order valence-corrected chi connectivity index (χ4v) is 1.95. The Hall–Kier alpha value is -1.52. The molecule has 0 radical (unpaired) electrons. The highest BCUT2D eigenvalue weighted by Crippen LogP contribution is 2.34. The van der Waals surface area contributed by atoms with E-state index < -0.39 is 0 Å². The Morgan fingerprint density at radius 1 is 1.65 bits per heavy atom. The number of amides is 1. The van der Waals surface area contributed by atoms with Gasteiger partial charge in [-0.15, -0.1) is 0 Å². The number of nitrogen functional groups attached to an aromatic ring is 1. The van der Waals surface area contributed by atoms with E-state index >= 15 is 0 Å². The van der Waals surface area contributed by atoms with Crippen molar-refractivity contribution in [3.63, 3.8) is 0 Å². The molecular formula is C12H20N4O. The van der Waals surface area contributed by atoms with Crippen molar-refractivity contribution < 1.29 is 4.79 Å². The van der Waals surface area contributed by atoms with Gasteiger partial charge in [-0.05, 0) is 25.7 Å². The average molecular weight is 236 g/mol. The van der Waals surface area contributed by atoms with Gasteiger partial charge in [-0.2, -0.15) is 5.10 Å². The third kappa shape index (κ3) is 2.78. The molecule has 1 fully saturated rings. The van der Waals surface area contributed by atoms with E-state index in [1.165, 1.54) is 12.8 Å². The van der Waals surface area contributed by atoms with E-state index in [1.807, 2.05) is 0 Å². The summed E-state index contributed by atoms with van der Waals surface area (Å²) >= 11 is 0. The Bertz CT molecular complexity index is 409. The quantitative estimate of drug-likeness (QED) is 0.726. The lowest BCUT2D eigenvalue weighted by molar-refractivity contribution is 0.0928. The Balaban J connectivity index is 1.96. The zero-order valence-electron chi connectivity index (χ0n) is 10.4. The van der Waals surface area contributed by atoms with Crippen molar-refractivity contribution in [2.45, 2.75) is 45.6 Å². The number of hydrogen-bond donors (Lipinski definition) is 3. The molecule has 1 saturated carbocycles. The first kappa shape index (κ1) is 12.0. The smallest absolute Gasteiger partial charge is 0.274 e. The number of aromatic nitrogens is 2. The molecule has 2 rings (SSSR count). The molecule has 1 unspecified atom stereocenters. The van der Waals surface area contributed by atoms with Gasteiger partial charge in [0.25, 0.3) is 5.91 Å². The van der Waals surface area contributed by atoms with Gasteiger partial charge in [-0.1, -0.05) is 19.8 Å². The molecule has 0 spiro atoms. The topological polar surface area (TPSA) is 83.8 Å². The summed E-state index contributed by atoms with van der Waals surface area (Å²) in [5.41, 5.74) is 7.29. The van der Waals surface area contributed by atoms with Crippen LogP contribution in [-0.2, 0) is 0 Å². The average Bonchev–Trinajstić information content (AvgIpc) is 3.05. The highest BCUT2D eigenvalue weighted by Gasteiger charge is 2.26. The number of carbonyl (C=O) groups excluding carboxylic acids is 1. The number of nitrogens with one attached hydrogen (secondary N) is 2. The van der Waals surface area contributed by atoms with E-state index in [9.17, 15) is 4.79 Å². The Morgan fingerprint density at radius 3 is 2.82 bits per heavy atom. The highest BCUT2D eigenvalue weighted by atomic mass is 16.2. The molecule has 94 valence electrons. The van der Waals surface area contributed by atoms with Gasteiger partial charge in [0, 0.05) is 6.04 Å². The van der Waals surface area contributed by atoms with E-state index in [0.29, 0.717) is 11.4 Å². The van der Waals surface area contributed by atoms with Gasteiger partial charge in [0.1, 0.15) is 0 Å². The number of nitrogens with two attached hydrogens (primary N) is 1. The number of carbonyl (C=O) groups is 1. The van der Waals surface area contributed by atoms with Gasteiger partial charge in [0.05, 0.1) is 11.4 Å². The van der Waals surface area contributed by atoms with Crippen LogP contribution in [0.2, 0.25) is 0 Å². The summed E-state index contributed by atoms with van der Waals surface area (Å²) in [4.78, 5) is 12.0. The first-order valence-electron chi connectivity index (χ1n) is 6.23. The first-order valence-corrected chi connectivity index (χ1v) is 6.23. The van der Waals surface area contributed by atoms with Gasteiger partial charge in [0.2, 0.25) is 0 Å². The molecule has 1 amide bonds. The predicted octanol–water partition coefficient (Wildman–Crippen LogP) is 1.61. The van der Waals surface area contributed by atoms with Crippen molar-refractivity contribution in [3.05, 3.63) is 11.4 Å². The summed E-state index contributed by atoms with van der Waals surface area (Å²) in [5, 5.41) is 9.67. The molecule has 1 aromatic heterocycles. The van der Waals surface area contributed by atoms with Crippen molar-refractivity contribution in [1.82, 2.24) is 15.5 Å². The van der Waals surface area contributed by atoms with E-state index in [2.05, 4.69) is 22.4 Å². The maximum atomic E-state index is 12.0. The molecule has 0 aliphatic heterocycles. The predicted molar refractivity (Wildman–Crippen MR) is 66.6 cm³/mol. The molecule has 1 aromatic rings. The van der Waals surface area contributed by atoms with Gasteiger partial charge < -0.3 is 11.1 Å². The van der Waals surface area contributed by atoms with Crippen LogP contribution in [0.15, 0.2) is 0 Å². The molecule has 0 bridgehead atoms. The van der Waals surface area contributed by atoms with Crippen LogP contribution < -0.4 is 11.1 Å². The molecule has 1 heterocycles. The summed E-state index contributed by atoms with van der Waals surface area (Å²) in [5.74, 6) is 0.637. The Kier molecular flexibility index (Phi) is 3.36. The van der Waals surface area contributed by atoms with Gasteiger partial charge >= 0.3 is 0 Å². The molecule has 1 atom stereocenters. The summed E-state index contributed by atoms with van der Waals surface area (Å²) in [6.07, 6.45) is 4.63. The third-order valence-electron chi connectivity index (χ3n) is 3.35. The van der Waals surface area contributed by atoms with Crippen LogP contribution in [0.25, 0.3) is 0 Å². The fraction of sp³-hybridized carbons (Fsp3) is 0.667. The fourth-order valence-electron chi connectivity index (χ4n) is 1.95. The van der Waals surface area contributed by atoms with E-state index in [-0.39, 0.29) is 11.9 Å². The van der Waals surface area contributed by atoms with Crippen LogP contribution in [0.4, 0.5) is 5.69 Å². The summed E-state index contributed by atoms with van der Waals surface area (Å²) in [6, 6.07) is 0.242. The molecule has 4 N–H and O–H groups in total. The zero-order chi connectivity index (χ0) is 12.4. The molecule has 17 heavy (non-hydrogen) atoms. The van der Waals surface area contributed by atoms with Gasteiger partial charge in [-0.3, -0.25) is 9.89 Å². The van der Waals surface area contributed by atoms with E-state index in [4.69, 9.17) is 5.73 Å². The minimum atomic E-state index is -0.167. The van der Waals surface area contributed by atoms with Gasteiger partial charge in [-0.25, -0.2) is 0 Å². The third-order valence-corrected chi connectivity index (χ3v) is 3.35. The maximum absolute atomic E-state index is 12.0. The lowest BCUT2D eigenvalue weighted by Gasteiger charge is -2.15. The van der Waals surface area contributed by atoms with Crippen molar-refractivity contribution in [3.8, 4) is 0 Å². The van der Waals surface area contributed by atoms with Crippen LogP contribution in [-0.4, -0.2) is 22.1 Å². The lowest BCUT2D eigenvalue weighted by atomic mass is 10.1. The highest BCUT2D eigenvalue weighted by molar-refractivity contribution is 5.97. The number of aromatic amines is 1. The van der Waals surface area contributed by atoms with E-state index in [0.717, 1.165) is 24.5 Å². The second-order valence-electron chi connectivity index (χ2n) is 4.87. The summed E-state index contributed by atoms with van der Waals surface area (Å²) < 4.78 is 0. The number of hydrogen-bond acceptors (Lipinski definition) is 3. The largest absolute Gasteiger partial charge is 0.395 e. The van der Waals surface area contributed by atoms with Crippen molar-refractivity contribution >= 4 is 11.6 Å². The van der Waals surface area contributed by atoms with Crippen LogP contribution in [0.3, 0.4) is 0 Å². The number of nitrogens with zero attached hydrogens (tertiary/aromatic N) is 1. The molecule has 5 nitrogen and oxygen atoms in total. The van der Waals surface area contributed by atoms with Crippen LogP contribution >= 0.6 is 0 Å². The SMILES string of the molecule is CCC(CC1CC1)NC(=O)c1n[nH]c(C)c1N. The Labute approximate surface area is 101 Å². The zero-order valence-corrected chi connectivity index (χ0v) is 10.4. The maximum Gasteiger partial charge on any atom is 0.274 e.